The number of ether oxygens (including phenoxy) is 3. The van der Waals surface area contributed by atoms with Gasteiger partial charge < -0.3 is 19.5 Å². The van der Waals surface area contributed by atoms with Crippen molar-refractivity contribution in [3.8, 4) is 0 Å². The van der Waals surface area contributed by atoms with E-state index in [1.54, 1.807) is 0 Å². The number of anilines is 1. The van der Waals surface area contributed by atoms with E-state index in [0.717, 1.165) is 43.5 Å². The van der Waals surface area contributed by atoms with Crippen molar-refractivity contribution in [2.45, 2.75) is 44.8 Å². The summed E-state index contributed by atoms with van der Waals surface area (Å²) in [6.07, 6.45) is 5.30. The van der Waals surface area contributed by atoms with E-state index in [1.165, 1.54) is 6.42 Å². The van der Waals surface area contributed by atoms with Gasteiger partial charge in [0.2, 0.25) is 5.91 Å². The molecule has 0 saturated carbocycles. The van der Waals surface area contributed by atoms with E-state index in [1.807, 2.05) is 24.3 Å². The Morgan fingerprint density at radius 2 is 2.04 bits per heavy atom. The van der Waals surface area contributed by atoms with Crippen molar-refractivity contribution in [2.75, 3.05) is 31.7 Å². The monoisotopic (exact) mass is 333 g/mol. The summed E-state index contributed by atoms with van der Waals surface area (Å²) in [4.78, 5) is 12.3. The van der Waals surface area contributed by atoms with Gasteiger partial charge in [0.1, 0.15) is 0 Å². The van der Waals surface area contributed by atoms with Crippen LogP contribution in [0.2, 0.25) is 0 Å². The third kappa shape index (κ3) is 5.30. The van der Waals surface area contributed by atoms with Crippen molar-refractivity contribution >= 4 is 11.6 Å². The van der Waals surface area contributed by atoms with Crippen LogP contribution in [-0.4, -0.2) is 38.4 Å². The second kappa shape index (κ2) is 9.16. The summed E-state index contributed by atoms with van der Waals surface area (Å²) in [7, 11) is 0. The third-order valence-electron chi connectivity index (χ3n) is 4.63. The molecular weight excluding hydrogens is 306 g/mol. The van der Waals surface area contributed by atoms with Gasteiger partial charge in [-0.1, -0.05) is 12.1 Å². The molecule has 2 saturated heterocycles. The molecule has 2 heterocycles. The van der Waals surface area contributed by atoms with E-state index in [-0.39, 0.29) is 17.9 Å². The minimum Gasteiger partial charge on any atom is -0.381 e. The zero-order valence-corrected chi connectivity index (χ0v) is 14.2. The van der Waals surface area contributed by atoms with E-state index >= 15 is 0 Å². The molecule has 0 spiro atoms. The van der Waals surface area contributed by atoms with Gasteiger partial charge in [-0.15, -0.1) is 0 Å². The van der Waals surface area contributed by atoms with Gasteiger partial charge in [-0.25, -0.2) is 0 Å². The normalized spacial score (nSPS) is 22.2. The van der Waals surface area contributed by atoms with Crippen LogP contribution in [0.1, 0.15) is 37.7 Å². The SMILES string of the molecule is O=C(Nc1cccc(COC[C@H]2CCCCO2)c1)C1CCOCC1. The molecule has 1 atom stereocenters. The Morgan fingerprint density at radius 3 is 2.83 bits per heavy atom. The number of carbonyl (C=O) groups is 1. The van der Waals surface area contributed by atoms with Gasteiger partial charge in [-0.2, -0.15) is 0 Å². The number of amides is 1. The maximum Gasteiger partial charge on any atom is 0.227 e. The lowest BCUT2D eigenvalue weighted by Gasteiger charge is -2.22. The number of carbonyl (C=O) groups excluding carboxylic acids is 1. The first kappa shape index (κ1) is 17.4. The third-order valence-corrected chi connectivity index (χ3v) is 4.63. The zero-order chi connectivity index (χ0) is 16.6. The summed E-state index contributed by atoms with van der Waals surface area (Å²) in [5.41, 5.74) is 1.90. The van der Waals surface area contributed by atoms with E-state index in [4.69, 9.17) is 14.2 Å². The van der Waals surface area contributed by atoms with E-state index in [2.05, 4.69) is 5.32 Å². The molecule has 132 valence electrons. The number of rotatable bonds is 6. The fourth-order valence-corrected chi connectivity index (χ4v) is 3.19. The summed E-state index contributed by atoms with van der Waals surface area (Å²) >= 11 is 0. The van der Waals surface area contributed by atoms with Gasteiger partial charge in [0.05, 0.1) is 19.3 Å². The quantitative estimate of drug-likeness (QED) is 0.869. The second-order valence-electron chi connectivity index (χ2n) is 6.58. The molecule has 1 N–H and O–H groups in total. The Hall–Kier alpha value is -1.43. The van der Waals surface area contributed by atoms with Crippen molar-refractivity contribution in [3.05, 3.63) is 29.8 Å². The molecule has 24 heavy (non-hydrogen) atoms. The van der Waals surface area contributed by atoms with E-state index < -0.39 is 0 Å². The van der Waals surface area contributed by atoms with Crippen LogP contribution < -0.4 is 5.32 Å². The van der Waals surface area contributed by atoms with Gasteiger partial charge in [0.25, 0.3) is 0 Å². The van der Waals surface area contributed by atoms with Crippen LogP contribution in [0.4, 0.5) is 5.69 Å². The van der Waals surface area contributed by atoms with Crippen molar-refractivity contribution < 1.29 is 19.0 Å². The van der Waals surface area contributed by atoms with E-state index in [0.29, 0.717) is 26.4 Å². The van der Waals surface area contributed by atoms with Gasteiger partial charge >= 0.3 is 0 Å². The highest BCUT2D eigenvalue weighted by Crippen LogP contribution is 2.19. The molecular formula is C19H27NO4. The highest BCUT2D eigenvalue weighted by molar-refractivity contribution is 5.92. The van der Waals surface area contributed by atoms with Gasteiger partial charge in [0, 0.05) is 31.4 Å². The van der Waals surface area contributed by atoms with Crippen molar-refractivity contribution in [2.24, 2.45) is 5.92 Å². The first-order valence-corrected chi connectivity index (χ1v) is 8.98. The van der Waals surface area contributed by atoms with Gasteiger partial charge in [0.15, 0.2) is 0 Å². The van der Waals surface area contributed by atoms with Crippen LogP contribution >= 0.6 is 0 Å². The molecule has 1 aromatic carbocycles. The molecule has 3 rings (SSSR count). The molecule has 0 aliphatic carbocycles. The fraction of sp³-hybridized carbons (Fsp3) is 0.632. The van der Waals surface area contributed by atoms with Crippen LogP contribution in [0.5, 0.6) is 0 Å². The molecule has 5 nitrogen and oxygen atoms in total. The standard InChI is InChI=1S/C19H27NO4/c21-19(16-7-10-22-11-8-16)20-17-5-3-4-15(12-17)13-23-14-18-6-1-2-9-24-18/h3-5,12,16,18H,1-2,6-11,13-14H2,(H,20,21)/t18-/m1/s1. The maximum absolute atomic E-state index is 12.3. The van der Waals surface area contributed by atoms with Crippen LogP contribution in [0, 0.1) is 5.92 Å². The predicted molar refractivity (Wildman–Crippen MR) is 91.9 cm³/mol. The second-order valence-corrected chi connectivity index (χ2v) is 6.58. The molecule has 2 aliphatic rings. The lowest BCUT2D eigenvalue weighted by molar-refractivity contribution is -0.122. The summed E-state index contributed by atoms with van der Waals surface area (Å²) in [5, 5.41) is 3.02. The zero-order valence-electron chi connectivity index (χ0n) is 14.2. The highest BCUT2D eigenvalue weighted by Gasteiger charge is 2.21. The highest BCUT2D eigenvalue weighted by atomic mass is 16.5. The molecule has 2 fully saturated rings. The number of nitrogens with one attached hydrogen (secondary N) is 1. The first-order valence-electron chi connectivity index (χ1n) is 8.98. The summed E-state index contributed by atoms with van der Waals surface area (Å²) in [6, 6.07) is 7.88. The lowest BCUT2D eigenvalue weighted by Crippen LogP contribution is -2.28. The smallest absolute Gasteiger partial charge is 0.227 e. The average Bonchev–Trinajstić information content (AvgIpc) is 2.64. The van der Waals surface area contributed by atoms with Gasteiger partial charge in [-0.3, -0.25) is 4.79 Å². The van der Waals surface area contributed by atoms with Crippen molar-refractivity contribution in [3.63, 3.8) is 0 Å². The molecule has 0 bridgehead atoms. The largest absolute Gasteiger partial charge is 0.381 e. The number of benzene rings is 1. The van der Waals surface area contributed by atoms with Gasteiger partial charge in [-0.05, 0) is 49.8 Å². The minimum atomic E-state index is 0.0575. The summed E-state index contributed by atoms with van der Waals surface area (Å²) in [5.74, 6) is 0.147. The topological polar surface area (TPSA) is 56.8 Å². The minimum absolute atomic E-state index is 0.0575. The molecule has 2 aliphatic heterocycles. The van der Waals surface area contributed by atoms with E-state index in [9.17, 15) is 4.79 Å². The Bertz CT molecular complexity index is 522. The molecule has 1 amide bonds. The first-order chi connectivity index (χ1) is 11.8. The maximum atomic E-state index is 12.3. The van der Waals surface area contributed by atoms with Crippen LogP contribution in [-0.2, 0) is 25.6 Å². The lowest BCUT2D eigenvalue weighted by atomic mass is 9.99. The fourth-order valence-electron chi connectivity index (χ4n) is 3.19. The predicted octanol–water partition coefficient (Wildman–Crippen LogP) is 3.14. The molecule has 0 aromatic heterocycles. The average molecular weight is 333 g/mol. The van der Waals surface area contributed by atoms with Crippen molar-refractivity contribution in [1.82, 2.24) is 0 Å². The Morgan fingerprint density at radius 1 is 1.17 bits per heavy atom. The summed E-state index contributed by atoms with van der Waals surface area (Å²) in [6.45, 7) is 3.38. The van der Waals surface area contributed by atoms with Crippen molar-refractivity contribution in [1.29, 1.82) is 0 Å². The number of hydrogen-bond acceptors (Lipinski definition) is 4. The molecule has 1 aromatic rings. The van der Waals surface area contributed by atoms with Crippen LogP contribution in [0.3, 0.4) is 0 Å². The Kier molecular flexibility index (Phi) is 6.64. The summed E-state index contributed by atoms with van der Waals surface area (Å²) < 4.78 is 16.8. The molecule has 0 unspecified atom stereocenters. The molecule has 5 heteroatoms. The Labute approximate surface area is 143 Å². The Balaban J connectivity index is 1.45. The molecule has 0 radical (unpaired) electrons. The van der Waals surface area contributed by atoms with Crippen LogP contribution in [0.15, 0.2) is 24.3 Å². The van der Waals surface area contributed by atoms with Crippen LogP contribution in [0.25, 0.3) is 0 Å². The number of hydrogen-bond donors (Lipinski definition) is 1.